The maximum absolute atomic E-state index is 6.01. The summed E-state index contributed by atoms with van der Waals surface area (Å²) in [6.45, 7) is 5.81. The van der Waals surface area contributed by atoms with Gasteiger partial charge in [-0.1, -0.05) is 32.0 Å². The number of nitrogens with one attached hydrogen (secondary N) is 1. The van der Waals surface area contributed by atoms with Crippen LogP contribution in [0.15, 0.2) is 23.2 Å². The van der Waals surface area contributed by atoms with Gasteiger partial charge in [0, 0.05) is 12.3 Å². The fourth-order valence-corrected chi connectivity index (χ4v) is 2.56. The van der Waals surface area contributed by atoms with Crippen molar-refractivity contribution in [3.05, 3.63) is 29.3 Å². The van der Waals surface area contributed by atoms with E-state index in [1.165, 1.54) is 11.1 Å². The highest BCUT2D eigenvalue weighted by molar-refractivity contribution is 5.93. The highest BCUT2D eigenvalue weighted by Gasteiger charge is 2.15. The molecule has 1 saturated heterocycles. The number of aryl methyl sites for hydroxylation is 2. The first-order valence-electron chi connectivity index (χ1n) is 7.53. The van der Waals surface area contributed by atoms with Crippen LogP contribution in [-0.2, 0) is 17.6 Å². The molecule has 1 aromatic rings. The van der Waals surface area contributed by atoms with E-state index in [0.717, 1.165) is 38.0 Å². The van der Waals surface area contributed by atoms with Crippen molar-refractivity contribution in [2.24, 2.45) is 10.7 Å². The Morgan fingerprint density at radius 1 is 1.35 bits per heavy atom. The molecule has 4 heteroatoms. The van der Waals surface area contributed by atoms with Crippen molar-refractivity contribution in [2.75, 3.05) is 18.5 Å². The predicted octanol–water partition coefficient (Wildman–Crippen LogP) is 2.72. The number of para-hydroxylation sites is 1. The molecule has 0 amide bonds. The van der Waals surface area contributed by atoms with Gasteiger partial charge in [0.2, 0.25) is 0 Å². The van der Waals surface area contributed by atoms with Crippen LogP contribution in [-0.4, -0.2) is 25.2 Å². The van der Waals surface area contributed by atoms with Crippen LogP contribution in [0.3, 0.4) is 0 Å². The fourth-order valence-electron chi connectivity index (χ4n) is 2.56. The summed E-state index contributed by atoms with van der Waals surface area (Å²) in [4.78, 5) is 4.41. The average molecular weight is 275 g/mol. The van der Waals surface area contributed by atoms with Crippen LogP contribution in [0.25, 0.3) is 0 Å². The molecule has 0 aliphatic carbocycles. The van der Waals surface area contributed by atoms with E-state index in [4.69, 9.17) is 10.5 Å². The zero-order valence-corrected chi connectivity index (χ0v) is 12.5. The highest BCUT2D eigenvalue weighted by atomic mass is 16.5. The van der Waals surface area contributed by atoms with Crippen molar-refractivity contribution >= 4 is 11.6 Å². The first-order chi connectivity index (χ1) is 9.74. The molecule has 3 N–H and O–H groups in total. The van der Waals surface area contributed by atoms with E-state index < -0.39 is 0 Å². The Balaban J connectivity index is 2.05. The first kappa shape index (κ1) is 14.9. The Labute approximate surface area is 121 Å². The van der Waals surface area contributed by atoms with Crippen LogP contribution in [0.2, 0.25) is 0 Å². The molecule has 4 nitrogen and oxygen atoms in total. The highest BCUT2D eigenvalue weighted by Crippen LogP contribution is 2.22. The second-order valence-corrected chi connectivity index (χ2v) is 5.14. The number of anilines is 1. The lowest BCUT2D eigenvalue weighted by molar-refractivity contribution is 0.118. The molecule has 1 fully saturated rings. The van der Waals surface area contributed by atoms with Crippen molar-refractivity contribution in [2.45, 2.75) is 45.6 Å². The van der Waals surface area contributed by atoms with Gasteiger partial charge in [-0.05, 0) is 36.8 Å². The molecule has 0 spiro atoms. The number of hydrogen-bond acceptors (Lipinski definition) is 2. The monoisotopic (exact) mass is 275 g/mol. The van der Waals surface area contributed by atoms with E-state index >= 15 is 0 Å². The van der Waals surface area contributed by atoms with E-state index in [1.807, 2.05) is 0 Å². The predicted molar refractivity (Wildman–Crippen MR) is 84.3 cm³/mol. The molecule has 0 saturated carbocycles. The summed E-state index contributed by atoms with van der Waals surface area (Å²) in [5.74, 6) is 0.483. The Bertz CT molecular complexity index is 443. The molecule has 110 valence electrons. The number of nitrogens with zero attached hydrogens (tertiary/aromatic N) is 1. The second-order valence-electron chi connectivity index (χ2n) is 5.14. The fraction of sp³-hybridized carbons (Fsp3) is 0.562. The molecular formula is C16H25N3O. The number of nitrogens with two attached hydrogens (primary N) is 1. The largest absolute Gasteiger partial charge is 0.376 e. The summed E-state index contributed by atoms with van der Waals surface area (Å²) in [6, 6.07) is 6.37. The second kappa shape index (κ2) is 7.29. The van der Waals surface area contributed by atoms with Crippen LogP contribution in [0, 0.1) is 0 Å². The Morgan fingerprint density at radius 2 is 2.05 bits per heavy atom. The van der Waals surface area contributed by atoms with Crippen LogP contribution < -0.4 is 11.1 Å². The third-order valence-electron chi connectivity index (χ3n) is 3.74. The van der Waals surface area contributed by atoms with Crippen molar-refractivity contribution < 1.29 is 4.74 Å². The van der Waals surface area contributed by atoms with E-state index in [1.54, 1.807) is 0 Å². The van der Waals surface area contributed by atoms with Crippen molar-refractivity contribution in [3.63, 3.8) is 0 Å². The topological polar surface area (TPSA) is 59.6 Å². The molecule has 0 aromatic heterocycles. The molecule has 1 heterocycles. The lowest BCUT2D eigenvalue weighted by Crippen LogP contribution is -2.26. The number of rotatable bonds is 5. The van der Waals surface area contributed by atoms with Crippen molar-refractivity contribution in [1.29, 1.82) is 0 Å². The maximum Gasteiger partial charge on any atom is 0.193 e. The number of ether oxygens (including phenoxy) is 1. The molecule has 0 radical (unpaired) electrons. The molecule has 1 atom stereocenters. The quantitative estimate of drug-likeness (QED) is 0.641. The lowest BCUT2D eigenvalue weighted by atomic mass is 10.0. The minimum absolute atomic E-state index is 0.238. The molecule has 20 heavy (non-hydrogen) atoms. The van der Waals surface area contributed by atoms with Crippen LogP contribution in [0.1, 0.15) is 37.8 Å². The van der Waals surface area contributed by atoms with Gasteiger partial charge in [0.05, 0.1) is 12.6 Å². The molecule has 1 unspecified atom stereocenters. The summed E-state index contributed by atoms with van der Waals surface area (Å²) in [6.07, 6.45) is 4.42. The van der Waals surface area contributed by atoms with Gasteiger partial charge < -0.3 is 15.8 Å². The van der Waals surface area contributed by atoms with Gasteiger partial charge >= 0.3 is 0 Å². The average Bonchev–Trinajstić information content (AvgIpc) is 2.98. The Morgan fingerprint density at radius 3 is 2.60 bits per heavy atom. The van der Waals surface area contributed by atoms with E-state index in [2.05, 4.69) is 42.4 Å². The molecule has 1 aromatic carbocycles. The molecule has 1 aliphatic heterocycles. The van der Waals surface area contributed by atoms with E-state index in [9.17, 15) is 0 Å². The summed E-state index contributed by atoms with van der Waals surface area (Å²) < 4.78 is 5.55. The van der Waals surface area contributed by atoms with Gasteiger partial charge in [-0.25, -0.2) is 0 Å². The van der Waals surface area contributed by atoms with Gasteiger partial charge in [-0.15, -0.1) is 0 Å². The maximum atomic E-state index is 6.01. The van der Waals surface area contributed by atoms with Gasteiger partial charge in [-0.3, -0.25) is 4.99 Å². The molecule has 1 aliphatic rings. The zero-order valence-electron chi connectivity index (χ0n) is 12.5. The van der Waals surface area contributed by atoms with E-state index in [-0.39, 0.29) is 6.10 Å². The zero-order chi connectivity index (χ0) is 14.4. The Hall–Kier alpha value is -1.55. The van der Waals surface area contributed by atoms with Crippen LogP contribution in [0.5, 0.6) is 0 Å². The first-order valence-corrected chi connectivity index (χ1v) is 7.53. The summed E-state index contributed by atoms with van der Waals surface area (Å²) in [5, 5.41) is 3.28. The molecular weight excluding hydrogens is 250 g/mol. The summed E-state index contributed by atoms with van der Waals surface area (Å²) in [5.41, 5.74) is 9.69. The number of aliphatic imine (C=N–C) groups is 1. The number of hydrogen-bond donors (Lipinski definition) is 2. The van der Waals surface area contributed by atoms with Crippen molar-refractivity contribution in [1.82, 2.24) is 0 Å². The van der Waals surface area contributed by atoms with Gasteiger partial charge in [-0.2, -0.15) is 0 Å². The minimum atomic E-state index is 0.238. The van der Waals surface area contributed by atoms with Crippen molar-refractivity contribution in [3.8, 4) is 0 Å². The minimum Gasteiger partial charge on any atom is -0.376 e. The van der Waals surface area contributed by atoms with Gasteiger partial charge in [0.1, 0.15) is 0 Å². The SMILES string of the molecule is CCc1cccc(CC)c1NC(N)=NCC1CCCO1. The lowest BCUT2D eigenvalue weighted by Gasteiger charge is -2.15. The summed E-state index contributed by atoms with van der Waals surface area (Å²) >= 11 is 0. The number of benzene rings is 1. The standard InChI is InChI=1S/C16H25N3O/c1-3-12-7-5-8-13(4-2)15(12)19-16(17)18-11-14-9-6-10-20-14/h5,7-8,14H,3-4,6,9-11H2,1-2H3,(H3,17,18,19). The number of guanidine groups is 1. The van der Waals surface area contributed by atoms with E-state index in [0.29, 0.717) is 12.5 Å². The third-order valence-corrected chi connectivity index (χ3v) is 3.74. The smallest absolute Gasteiger partial charge is 0.193 e. The third kappa shape index (κ3) is 3.73. The van der Waals surface area contributed by atoms with Crippen LogP contribution >= 0.6 is 0 Å². The van der Waals surface area contributed by atoms with Gasteiger partial charge in [0.15, 0.2) is 5.96 Å². The molecule has 2 rings (SSSR count). The summed E-state index contributed by atoms with van der Waals surface area (Å²) in [7, 11) is 0. The Kier molecular flexibility index (Phi) is 5.41. The van der Waals surface area contributed by atoms with Gasteiger partial charge in [0.25, 0.3) is 0 Å². The molecule has 0 bridgehead atoms. The normalized spacial score (nSPS) is 19.3. The van der Waals surface area contributed by atoms with Crippen LogP contribution in [0.4, 0.5) is 5.69 Å².